The first-order valence-electron chi connectivity index (χ1n) is 7.50. The van der Waals surface area contributed by atoms with E-state index >= 15 is 0 Å². The van der Waals surface area contributed by atoms with Gasteiger partial charge < -0.3 is 10.1 Å². The molecule has 4 nitrogen and oxygen atoms in total. The van der Waals surface area contributed by atoms with Crippen LogP contribution in [0.15, 0.2) is 42.5 Å². The van der Waals surface area contributed by atoms with Crippen LogP contribution < -0.4 is 5.32 Å². The Hall–Kier alpha value is -1.79. The summed E-state index contributed by atoms with van der Waals surface area (Å²) in [5, 5.41) is 4.82. The number of nitrogens with one attached hydrogen (secondary N) is 1. The molecule has 0 unspecified atom stereocenters. The minimum atomic E-state index is -0.648. The van der Waals surface area contributed by atoms with Crippen molar-refractivity contribution in [2.75, 3.05) is 6.61 Å². The van der Waals surface area contributed by atoms with E-state index in [4.69, 9.17) is 39.5 Å². The summed E-state index contributed by atoms with van der Waals surface area (Å²) in [7, 11) is 0. The first-order chi connectivity index (χ1) is 12.4. The molecule has 0 bridgehead atoms. The van der Waals surface area contributed by atoms with Crippen LogP contribution in [0.25, 0.3) is 10.1 Å². The molecule has 0 saturated carbocycles. The Labute approximate surface area is 168 Å². The van der Waals surface area contributed by atoms with Gasteiger partial charge in [-0.05, 0) is 29.8 Å². The Balaban J connectivity index is 1.58. The van der Waals surface area contributed by atoms with Gasteiger partial charge in [0.2, 0.25) is 0 Å². The quantitative estimate of drug-likeness (QED) is 0.558. The molecule has 1 heterocycles. The number of ether oxygens (including phenoxy) is 1. The lowest BCUT2D eigenvalue weighted by atomic mass is 10.2. The molecular formula is C18H12Cl3NO3S. The van der Waals surface area contributed by atoms with Crippen molar-refractivity contribution in [2.45, 2.75) is 6.54 Å². The van der Waals surface area contributed by atoms with Gasteiger partial charge in [0.15, 0.2) is 6.61 Å². The molecule has 134 valence electrons. The highest BCUT2D eigenvalue weighted by molar-refractivity contribution is 7.21. The number of hydrogen-bond acceptors (Lipinski definition) is 4. The van der Waals surface area contributed by atoms with Gasteiger partial charge in [-0.2, -0.15) is 0 Å². The van der Waals surface area contributed by atoms with Crippen LogP contribution in [0.3, 0.4) is 0 Å². The third-order valence-electron chi connectivity index (χ3n) is 3.49. The highest BCUT2D eigenvalue weighted by Gasteiger charge is 2.19. The molecular weight excluding hydrogens is 417 g/mol. The second kappa shape index (κ2) is 8.27. The van der Waals surface area contributed by atoms with Gasteiger partial charge in [-0.25, -0.2) is 4.79 Å². The maximum absolute atomic E-state index is 12.2. The van der Waals surface area contributed by atoms with Crippen molar-refractivity contribution >= 4 is 68.1 Å². The SMILES string of the molecule is O=C(COC(=O)c1sc2cc(Cl)ccc2c1Cl)NCc1cccc(Cl)c1. The molecule has 1 amide bonds. The Morgan fingerprint density at radius 3 is 2.58 bits per heavy atom. The summed E-state index contributed by atoms with van der Waals surface area (Å²) < 4.78 is 5.84. The van der Waals surface area contributed by atoms with Crippen molar-refractivity contribution < 1.29 is 14.3 Å². The number of thiophene rings is 1. The van der Waals surface area contributed by atoms with Crippen molar-refractivity contribution in [1.82, 2.24) is 5.32 Å². The van der Waals surface area contributed by atoms with E-state index in [9.17, 15) is 9.59 Å². The molecule has 26 heavy (non-hydrogen) atoms. The van der Waals surface area contributed by atoms with E-state index in [1.807, 2.05) is 6.07 Å². The van der Waals surface area contributed by atoms with E-state index in [1.165, 1.54) is 11.3 Å². The van der Waals surface area contributed by atoms with Crippen LogP contribution in [0.2, 0.25) is 15.1 Å². The van der Waals surface area contributed by atoms with Crippen LogP contribution in [0.5, 0.6) is 0 Å². The largest absolute Gasteiger partial charge is 0.451 e. The summed E-state index contributed by atoms with van der Waals surface area (Å²) in [6.45, 7) is -0.107. The molecule has 8 heteroatoms. The van der Waals surface area contributed by atoms with E-state index < -0.39 is 18.5 Å². The average Bonchev–Trinajstić information content (AvgIpc) is 2.94. The van der Waals surface area contributed by atoms with E-state index in [2.05, 4.69) is 5.32 Å². The van der Waals surface area contributed by atoms with Gasteiger partial charge in [0.05, 0.1) is 5.02 Å². The van der Waals surface area contributed by atoms with E-state index in [0.717, 1.165) is 15.6 Å². The van der Waals surface area contributed by atoms with Crippen LogP contribution in [0.4, 0.5) is 0 Å². The summed E-state index contributed by atoms with van der Waals surface area (Å²) in [6, 6.07) is 12.3. The molecule has 0 aliphatic heterocycles. The van der Waals surface area contributed by atoms with Crippen molar-refractivity contribution in [3.8, 4) is 0 Å². The van der Waals surface area contributed by atoms with Crippen LogP contribution in [-0.4, -0.2) is 18.5 Å². The van der Waals surface area contributed by atoms with Gasteiger partial charge in [-0.15, -0.1) is 11.3 Å². The Kier molecular flexibility index (Phi) is 6.04. The number of hydrogen-bond donors (Lipinski definition) is 1. The molecule has 0 radical (unpaired) electrons. The fraction of sp³-hybridized carbons (Fsp3) is 0.111. The number of rotatable bonds is 5. The number of carbonyl (C=O) groups excluding carboxylic acids is 2. The van der Waals surface area contributed by atoms with Crippen molar-refractivity contribution in [2.24, 2.45) is 0 Å². The lowest BCUT2D eigenvalue weighted by Gasteiger charge is -2.06. The molecule has 0 fully saturated rings. The number of halogens is 3. The summed E-state index contributed by atoms with van der Waals surface area (Å²) in [5.41, 5.74) is 0.849. The fourth-order valence-electron chi connectivity index (χ4n) is 2.27. The lowest BCUT2D eigenvalue weighted by molar-refractivity contribution is -0.124. The number of carbonyl (C=O) groups is 2. The molecule has 1 N–H and O–H groups in total. The van der Waals surface area contributed by atoms with Gasteiger partial charge in [-0.1, -0.05) is 53.0 Å². The lowest BCUT2D eigenvalue weighted by Crippen LogP contribution is -2.28. The minimum absolute atomic E-state index is 0.242. The summed E-state index contributed by atoms with van der Waals surface area (Å²) in [4.78, 5) is 24.3. The van der Waals surface area contributed by atoms with Gasteiger partial charge >= 0.3 is 5.97 Å². The maximum Gasteiger partial charge on any atom is 0.350 e. The van der Waals surface area contributed by atoms with E-state index in [-0.39, 0.29) is 4.88 Å². The fourth-order valence-corrected chi connectivity index (χ4v) is 4.16. The van der Waals surface area contributed by atoms with Crippen LogP contribution in [0, 0.1) is 0 Å². The average molecular weight is 429 g/mol. The van der Waals surface area contributed by atoms with Crippen LogP contribution >= 0.6 is 46.1 Å². The number of fused-ring (bicyclic) bond motifs is 1. The van der Waals surface area contributed by atoms with Gasteiger partial charge in [0.1, 0.15) is 4.88 Å². The van der Waals surface area contributed by atoms with Crippen molar-refractivity contribution in [1.29, 1.82) is 0 Å². The molecule has 0 aliphatic carbocycles. The molecule has 2 aromatic carbocycles. The van der Waals surface area contributed by atoms with Gasteiger partial charge in [0.25, 0.3) is 5.91 Å². The number of esters is 1. The van der Waals surface area contributed by atoms with E-state index in [0.29, 0.717) is 21.6 Å². The monoisotopic (exact) mass is 427 g/mol. The number of amides is 1. The Bertz CT molecular complexity index is 987. The van der Waals surface area contributed by atoms with E-state index in [1.54, 1.807) is 36.4 Å². The van der Waals surface area contributed by atoms with Crippen molar-refractivity contribution in [3.05, 3.63) is 68.0 Å². The number of benzene rings is 2. The van der Waals surface area contributed by atoms with Crippen molar-refractivity contribution in [3.63, 3.8) is 0 Å². The standard InChI is InChI=1S/C18H12Cl3NO3S/c19-11-3-1-2-10(6-11)8-22-15(23)9-25-18(24)17-16(21)13-5-4-12(20)7-14(13)26-17/h1-7H,8-9H2,(H,22,23). The Morgan fingerprint density at radius 2 is 1.81 bits per heavy atom. The second-order valence-corrected chi connectivity index (χ2v) is 7.67. The summed E-state index contributed by atoms with van der Waals surface area (Å²) in [6.07, 6.45) is 0. The van der Waals surface area contributed by atoms with Crippen LogP contribution in [0.1, 0.15) is 15.2 Å². The normalized spacial score (nSPS) is 10.7. The summed E-state index contributed by atoms with van der Waals surface area (Å²) in [5.74, 6) is -1.07. The van der Waals surface area contributed by atoms with Crippen LogP contribution in [-0.2, 0) is 16.1 Å². The Morgan fingerprint density at radius 1 is 1.04 bits per heavy atom. The second-order valence-electron chi connectivity index (χ2n) is 5.37. The molecule has 0 aliphatic rings. The molecule has 0 spiro atoms. The zero-order valence-electron chi connectivity index (χ0n) is 13.2. The summed E-state index contributed by atoms with van der Waals surface area (Å²) >= 11 is 19.2. The third-order valence-corrected chi connectivity index (χ3v) is 5.60. The predicted molar refractivity (Wildman–Crippen MR) is 105 cm³/mol. The highest BCUT2D eigenvalue weighted by Crippen LogP contribution is 2.37. The molecule has 3 aromatic rings. The molecule has 0 saturated heterocycles. The first kappa shape index (κ1) is 19.0. The molecule has 1 aromatic heterocycles. The highest BCUT2D eigenvalue weighted by atomic mass is 35.5. The van der Waals surface area contributed by atoms with Gasteiger partial charge in [-0.3, -0.25) is 4.79 Å². The third kappa shape index (κ3) is 4.48. The van der Waals surface area contributed by atoms with Gasteiger partial charge in [0, 0.05) is 26.7 Å². The topological polar surface area (TPSA) is 55.4 Å². The minimum Gasteiger partial charge on any atom is -0.451 e. The zero-order valence-corrected chi connectivity index (χ0v) is 16.3. The predicted octanol–water partition coefficient (Wildman–Crippen LogP) is 5.33. The molecule has 3 rings (SSSR count). The zero-order chi connectivity index (χ0) is 18.7. The smallest absolute Gasteiger partial charge is 0.350 e. The maximum atomic E-state index is 12.2. The first-order valence-corrected chi connectivity index (χ1v) is 9.45. The molecule has 0 atom stereocenters.